The number of nitrogens with zero attached hydrogens (tertiary/aromatic N) is 2. The molecule has 158 valence electrons. The standard InChI is InChI=1S/C21H30N4O4/c1-13-3-8-18(14-4-6-17(29-2)7-5-14)25(12-13)21(28)20(27)24-16-9-15(19(22)26)10-23-11-16/h9-11,13-14,17-18H,3-8,12H2,1-2H3,(H2,22,26)(H,24,27)/t13-,14-,17-,18?/m1/s1. The van der Waals surface area contributed by atoms with E-state index in [9.17, 15) is 14.4 Å². The zero-order chi connectivity index (χ0) is 21.0. The molecule has 3 amide bonds. The van der Waals surface area contributed by atoms with Crippen molar-refractivity contribution in [2.24, 2.45) is 17.6 Å². The van der Waals surface area contributed by atoms with Crippen LogP contribution in [0.1, 0.15) is 55.8 Å². The van der Waals surface area contributed by atoms with Gasteiger partial charge in [0.25, 0.3) is 0 Å². The summed E-state index contributed by atoms with van der Waals surface area (Å²) in [6, 6.07) is 1.50. The summed E-state index contributed by atoms with van der Waals surface area (Å²) in [5.74, 6) is -1.13. The average molecular weight is 402 g/mol. The molecule has 2 aliphatic rings. The van der Waals surface area contributed by atoms with Gasteiger partial charge in [0.1, 0.15) is 0 Å². The lowest BCUT2D eigenvalue weighted by Gasteiger charge is -2.44. The lowest BCUT2D eigenvalue weighted by Crippen LogP contribution is -2.53. The van der Waals surface area contributed by atoms with Crippen LogP contribution in [0.25, 0.3) is 0 Å². The molecule has 2 atom stereocenters. The van der Waals surface area contributed by atoms with Crippen molar-refractivity contribution in [1.82, 2.24) is 9.88 Å². The maximum absolute atomic E-state index is 13.0. The third-order valence-electron chi connectivity index (χ3n) is 6.20. The van der Waals surface area contributed by atoms with Gasteiger partial charge in [-0.25, -0.2) is 0 Å². The maximum Gasteiger partial charge on any atom is 0.313 e. The predicted molar refractivity (Wildman–Crippen MR) is 108 cm³/mol. The Balaban J connectivity index is 1.69. The van der Waals surface area contributed by atoms with Gasteiger partial charge in [0.15, 0.2) is 0 Å². The number of anilines is 1. The van der Waals surface area contributed by atoms with E-state index in [0.29, 0.717) is 24.5 Å². The van der Waals surface area contributed by atoms with Crippen LogP contribution in [0, 0.1) is 11.8 Å². The monoisotopic (exact) mass is 402 g/mol. The zero-order valence-corrected chi connectivity index (χ0v) is 17.1. The van der Waals surface area contributed by atoms with E-state index in [0.717, 1.165) is 38.5 Å². The van der Waals surface area contributed by atoms with Gasteiger partial charge in [-0.05, 0) is 56.4 Å². The second-order valence-electron chi connectivity index (χ2n) is 8.26. The Hall–Kier alpha value is -2.48. The number of ether oxygens (including phenoxy) is 1. The molecule has 1 unspecified atom stereocenters. The van der Waals surface area contributed by atoms with E-state index in [-0.39, 0.29) is 17.3 Å². The number of amides is 3. The first-order valence-corrected chi connectivity index (χ1v) is 10.3. The first-order valence-electron chi connectivity index (χ1n) is 10.3. The van der Waals surface area contributed by atoms with Crippen molar-refractivity contribution >= 4 is 23.4 Å². The number of nitrogens with one attached hydrogen (secondary N) is 1. The SMILES string of the molecule is CO[C@H]1CC[C@H](C2CC[C@@H](C)CN2C(=O)C(=O)Nc2cncc(C(N)=O)c2)CC1. The number of hydrogen-bond donors (Lipinski definition) is 2. The second-order valence-corrected chi connectivity index (χ2v) is 8.26. The molecule has 0 spiro atoms. The highest BCUT2D eigenvalue weighted by atomic mass is 16.5. The number of hydrogen-bond acceptors (Lipinski definition) is 5. The van der Waals surface area contributed by atoms with Crippen molar-refractivity contribution in [2.45, 2.75) is 57.6 Å². The van der Waals surface area contributed by atoms with Crippen LogP contribution in [0.5, 0.6) is 0 Å². The molecule has 2 fully saturated rings. The summed E-state index contributed by atoms with van der Waals surface area (Å²) in [5, 5.41) is 2.57. The van der Waals surface area contributed by atoms with Gasteiger partial charge in [-0.15, -0.1) is 0 Å². The number of pyridine rings is 1. The summed E-state index contributed by atoms with van der Waals surface area (Å²) < 4.78 is 5.47. The average Bonchev–Trinajstić information content (AvgIpc) is 2.73. The first kappa shape index (κ1) is 21.2. The fourth-order valence-electron chi connectivity index (χ4n) is 4.56. The molecule has 8 nitrogen and oxygen atoms in total. The molecule has 29 heavy (non-hydrogen) atoms. The molecule has 3 rings (SSSR count). The molecule has 0 bridgehead atoms. The molecule has 3 N–H and O–H groups in total. The Morgan fingerprint density at radius 2 is 1.86 bits per heavy atom. The summed E-state index contributed by atoms with van der Waals surface area (Å²) in [5.41, 5.74) is 5.71. The molecule has 1 saturated carbocycles. The van der Waals surface area contributed by atoms with Gasteiger partial charge in [-0.1, -0.05) is 6.92 Å². The van der Waals surface area contributed by atoms with Gasteiger partial charge in [0.05, 0.1) is 23.6 Å². The minimum Gasteiger partial charge on any atom is -0.381 e. The molecule has 1 aromatic heterocycles. The molecule has 0 radical (unpaired) electrons. The minimum absolute atomic E-state index is 0.0809. The van der Waals surface area contributed by atoms with Crippen molar-refractivity contribution < 1.29 is 19.1 Å². The molecule has 1 aliphatic carbocycles. The number of piperidine rings is 1. The van der Waals surface area contributed by atoms with E-state index in [1.54, 1.807) is 12.0 Å². The van der Waals surface area contributed by atoms with E-state index in [1.807, 2.05) is 0 Å². The highest BCUT2D eigenvalue weighted by Crippen LogP contribution is 2.36. The normalized spacial score (nSPS) is 27.3. The maximum atomic E-state index is 13.0. The number of carbonyl (C=O) groups is 3. The van der Waals surface area contributed by atoms with E-state index in [1.165, 1.54) is 18.5 Å². The lowest BCUT2D eigenvalue weighted by atomic mass is 9.77. The van der Waals surface area contributed by atoms with E-state index in [4.69, 9.17) is 10.5 Å². The third-order valence-corrected chi connectivity index (χ3v) is 6.20. The number of rotatable bonds is 4. The van der Waals surface area contributed by atoms with Crippen LogP contribution in [0.15, 0.2) is 18.5 Å². The van der Waals surface area contributed by atoms with Crippen LogP contribution >= 0.6 is 0 Å². The van der Waals surface area contributed by atoms with Gasteiger partial charge in [-0.3, -0.25) is 19.4 Å². The molecular weight excluding hydrogens is 372 g/mol. The Morgan fingerprint density at radius 3 is 2.52 bits per heavy atom. The van der Waals surface area contributed by atoms with E-state index < -0.39 is 17.7 Å². The first-order chi connectivity index (χ1) is 13.9. The Bertz CT molecular complexity index is 761. The third kappa shape index (κ3) is 5.12. The number of carbonyl (C=O) groups excluding carboxylic acids is 3. The van der Waals surface area contributed by atoms with Crippen molar-refractivity contribution in [2.75, 3.05) is 19.0 Å². The second kappa shape index (κ2) is 9.35. The molecule has 2 heterocycles. The van der Waals surface area contributed by atoms with Crippen LogP contribution < -0.4 is 11.1 Å². The topological polar surface area (TPSA) is 115 Å². The van der Waals surface area contributed by atoms with Crippen molar-refractivity contribution in [3.05, 3.63) is 24.0 Å². The number of methoxy groups -OCH3 is 1. The Labute approximate surface area is 171 Å². The Kier molecular flexibility index (Phi) is 6.84. The van der Waals surface area contributed by atoms with Gasteiger partial charge < -0.3 is 20.7 Å². The summed E-state index contributed by atoms with van der Waals surface area (Å²) in [4.78, 5) is 42.6. The molecule has 8 heteroatoms. The Morgan fingerprint density at radius 1 is 1.14 bits per heavy atom. The minimum atomic E-state index is -0.710. The van der Waals surface area contributed by atoms with Crippen molar-refractivity contribution in [1.29, 1.82) is 0 Å². The smallest absolute Gasteiger partial charge is 0.313 e. The van der Waals surface area contributed by atoms with Crippen LogP contribution in [-0.2, 0) is 14.3 Å². The van der Waals surface area contributed by atoms with Crippen LogP contribution in [0.2, 0.25) is 0 Å². The number of primary amides is 1. The van der Waals surface area contributed by atoms with Crippen molar-refractivity contribution in [3.63, 3.8) is 0 Å². The molecule has 1 aromatic rings. The summed E-state index contributed by atoms with van der Waals surface area (Å²) in [6.07, 6.45) is 8.98. The van der Waals surface area contributed by atoms with E-state index >= 15 is 0 Å². The highest BCUT2D eigenvalue weighted by Gasteiger charge is 2.38. The van der Waals surface area contributed by atoms with Crippen molar-refractivity contribution in [3.8, 4) is 0 Å². The van der Waals surface area contributed by atoms with Gasteiger partial charge in [0.2, 0.25) is 5.91 Å². The summed E-state index contributed by atoms with van der Waals surface area (Å²) in [7, 11) is 1.75. The highest BCUT2D eigenvalue weighted by molar-refractivity contribution is 6.39. The summed E-state index contributed by atoms with van der Waals surface area (Å²) in [6.45, 7) is 2.69. The fourth-order valence-corrected chi connectivity index (χ4v) is 4.56. The fraction of sp³-hybridized carbons (Fsp3) is 0.619. The largest absolute Gasteiger partial charge is 0.381 e. The molecule has 1 saturated heterocycles. The summed E-state index contributed by atoms with van der Waals surface area (Å²) >= 11 is 0. The van der Waals surface area contributed by atoms with Crippen LogP contribution in [0.3, 0.4) is 0 Å². The lowest BCUT2D eigenvalue weighted by molar-refractivity contribution is -0.148. The van der Waals surface area contributed by atoms with Gasteiger partial charge >= 0.3 is 11.8 Å². The van der Waals surface area contributed by atoms with Gasteiger partial charge in [-0.2, -0.15) is 0 Å². The quantitative estimate of drug-likeness (QED) is 0.747. The molecule has 0 aromatic carbocycles. The van der Waals surface area contributed by atoms with Crippen LogP contribution in [0.4, 0.5) is 5.69 Å². The number of nitrogens with two attached hydrogens (primary N) is 1. The van der Waals surface area contributed by atoms with E-state index in [2.05, 4.69) is 17.2 Å². The van der Waals surface area contributed by atoms with Crippen LogP contribution in [-0.4, -0.2) is 53.4 Å². The van der Waals surface area contributed by atoms with Gasteiger partial charge in [0, 0.05) is 25.9 Å². The number of aromatic nitrogens is 1. The zero-order valence-electron chi connectivity index (χ0n) is 17.1. The molecule has 1 aliphatic heterocycles. The molecular formula is C21H30N4O4. The number of likely N-dealkylation sites (tertiary alicyclic amines) is 1. The predicted octanol–water partition coefficient (Wildman–Crippen LogP) is 1.95.